The third-order valence-corrected chi connectivity index (χ3v) is 4.97. The van der Waals surface area contributed by atoms with Crippen LogP contribution in [0.2, 0.25) is 0 Å². The van der Waals surface area contributed by atoms with Crippen molar-refractivity contribution in [3.05, 3.63) is 59.7 Å². The normalized spacial score (nSPS) is 16.7. The van der Waals surface area contributed by atoms with Gasteiger partial charge in [0, 0.05) is 37.4 Å². The minimum Gasteiger partial charge on any atom is -0.497 e. The number of nitrogens with zero attached hydrogens (tertiary/aromatic N) is 1. The van der Waals surface area contributed by atoms with Gasteiger partial charge in [-0.2, -0.15) is 0 Å². The quantitative estimate of drug-likeness (QED) is 0.845. The SMILES string of the molecule is COc1cccc(N2CCC(NCc3ccc(C(C)O)cc3)CC2)c1. The average Bonchev–Trinajstić information content (AvgIpc) is 2.67. The molecule has 0 spiro atoms. The monoisotopic (exact) mass is 340 g/mol. The third kappa shape index (κ3) is 4.74. The van der Waals surface area contributed by atoms with Gasteiger partial charge in [0.05, 0.1) is 13.2 Å². The summed E-state index contributed by atoms with van der Waals surface area (Å²) >= 11 is 0. The second-order valence-electron chi connectivity index (χ2n) is 6.76. The zero-order valence-corrected chi connectivity index (χ0v) is 15.1. The first-order valence-electron chi connectivity index (χ1n) is 9.05. The first-order chi connectivity index (χ1) is 12.2. The smallest absolute Gasteiger partial charge is 0.120 e. The molecular weight excluding hydrogens is 312 g/mol. The number of hydrogen-bond acceptors (Lipinski definition) is 4. The van der Waals surface area contributed by atoms with Crippen LogP contribution < -0.4 is 15.0 Å². The van der Waals surface area contributed by atoms with E-state index in [-0.39, 0.29) is 0 Å². The highest BCUT2D eigenvalue weighted by Gasteiger charge is 2.19. The number of rotatable bonds is 6. The summed E-state index contributed by atoms with van der Waals surface area (Å²) in [6, 6.07) is 17.1. The van der Waals surface area contributed by atoms with Crippen molar-refractivity contribution < 1.29 is 9.84 Å². The molecule has 1 unspecified atom stereocenters. The number of aliphatic hydroxyl groups excluding tert-OH is 1. The van der Waals surface area contributed by atoms with E-state index in [2.05, 4.69) is 40.5 Å². The van der Waals surface area contributed by atoms with Crippen molar-refractivity contribution in [3.8, 4) is 5.75 Å². The molecule has 1 atom stereocenters. The molecule has 0 bridgehead atoms. The summed E-state index contributed by atoms with van der Waals surface area (Å²) in [5, 5.41) is 13.2. The van der Waals surface area contributed by atoms with Crippen LogP contribution in [0.15, 0.2) is 48.5 Å². The van der Waals surface area contributed by atoms with Crippen LogP contribution in [0.5, 0.6) is 5.75 Å². The second kappa shape index (κ2) is 8.37. The van der Waals surface area contributed by atoms with E-state index in [1.165, 1.54) is 11.3 Å². The Morgan fingerprint density at radius 2 is 1.88 bits per heavy atom. The maximum Gasteiger partial charge on any atom is 0.120 e. The summed E-state index contributed by atoms with van der Waals surface area (Å²) in [7, 11) is 1.71. The van der Waals surface area contributed by atoms with Crippen molar-refractivity contribution in [3.63, 3.8) is 0 Å². The summed E-state index contributed by atoms with van der Waals surface area (Å²) in [6.45, 7) is 4.80. The molecule has 1 aliphatic rings. The van der Waals surface area contributed by atoms with Gasteiger partial charge >= 0.3 is 0 Å². The van der Waals surface area contributed by atoms with Gasteiger partial charge < -0.3 is 20.1 Å². The van der Waals surface area contributed by atoms with E-state index >= 15 is 0 Å². The fourth-order valence-corrected chi connectivity index (χ4v) is 3.33. The number of nitrogens with one attached hydrogen (secondary N) is 1. The summed E-state index contributed by atoms with van der Waals surface area (Å²) < 4.78 is 5.32. The molecule has 1 saturated heterocycles. The predicted octanol–water partition coefficient (Wildman–Crippen LogP) is 3.51. The van der Waals surface area contributed by atoms with Gasteiger partial charge in [-0.25, -0.2) is 0 Å². The maximum absolute atomic E-state index is 9.57. The first-order valence-corrected chi connectivity index (χ1v) is 9.05. The molecule has 0 aliphatic carbocycles. The Labute approximate surface area is 150 Å². The number of piperidine rings is 1. The lowest BCUT2D eigenvalue weighted by molar-refractivity contribution is 0.199. The van der Waals surface area contributed by atoms with Crippen LogP contribution in [0.3, 0.4) is 0 Å². The molecule has 0 amide bonds. The zero-order chi connectivity index (χ0) is 17.6. The van der Waals surface area contributed by atoms with Gasteiger partial charge in [-0.05, 0) is 43.0 Å². The second-order valence-corrected chi connectivity index (χ2v) is 6.76. The number of ether oxygens (including phenoxy) is 1. The Balaban J connectivity index is 1.47. The van der Waals surface area contributed by atoms with Crippen LogP contribution >= 0.6 is 0 Å². The van der Waals surface area contributed by atoms with Crippen LogP contribution in [0.4, 0.5) is 5.69 Å². The van der Waals surface area contributed by atoms with Gasteiger partial charge in [0.25, 0.3) is 0 Å². The van der Waals surface area contributed by atoms with Crippen LogP contribution in [-0.2, 0) is 6.54 Å². The van der Waals surface area contributed by atoms with Crippen molar-refractivity contribution in [2.45, 2.75) is 38.5 Å². The van der Waals surface area contributed by atoms with Gasteiger partial charge in [0.2, 0.25) is 0 Å². The number of anilines is 1. The maximum atomic E-state index is 9.57. The zero-order valence-electron chi connectivity index (χ0n) is 15.1. The molecule has 1 aliphatic heterocycles. The van der Waals surface area contributed by atoms with E-state index in [0.717, 1.165) is 43.8 Å². The Morgan fingerprint density at radius 3 is 2.52 bits per heavy atom. The standard InChI is InChI=1S/C21H28N2O2/c1-16(24)18-8-6-17(7-9-18)15-22-19-10-12-23(13-11-19)20-4-3-5-21(14-20)25-2/h3-9,14,16,19,22,24H,10-13,15H2,1-2H3. The molecule has 25 heavy (non-hydrogen) atoms. The van der Waals surface area contributed by atoms with E-state index in [0.29, 0.717) is 6.04 Å². The van der Waals surface area contributed by atoms with E-state index in [4.69, 9.17) is 4.74 Å². The fraction of sp³-hybridized carbons (Fsp3) is 0.429. The Bertz CT molecular complexity index is 662. The van der Waals surface area contributed by atoms with E-state index in [9.17, 15) is 5.11 Å². The minimum absolute atomic E-state index is 0.400. The highest BCUT2D eigenvalue weighted by molar-refractivity contribution is 5.51. The Kier molecular flexibility index (Phi) is 5.95. The topological polar surface area (TPSA) is 44.7 Å². The number of aliphatic hydroxyl groups is 1. The van der Waals surface area contributed by atoms with E-state index < -0.39 is 6.10 Å². The molecule has 4 nitrogen and oxygen atoms in total. The number of hydrogen-bond donors (Lipinski definition) is 2. The molecule has 0 saturated carbocycles. The lowest BCUT2D eigenvalue weighted by atomic mass is 10.0. The predicted molar refractivity (Wildman–Crippen MR) is 102 cm³/mol. The van der Waals surface area contributed by atoms with Gasteiger partial charge in [0.15, 0.2) is 0 Å². The molecular formula is C21H28N2O2. The molecule has 2 aromatic carbocycles. The molecule has 2 aromatic rings. The molecule has 0 radical (unpaired) electrons. The van der Waals surface area contributed by atoms with Crippen LogP contribution in [0.25, 0.3) is 0 Å². The molecule has 134 valence electrons. The average molecular weight is 340 g/mol. The Morgan fingerprint density at radius 1 is 1.16 bits per heavy atom. The van der Waals surface area contributed by atoms with Gasteiger partial charge in [0.1, 0.15) is 5.75 Å². The van der Waals surface area contributed by atoms with E-state index in [1.54, 1.807) is 14.0 Å². The van der Waals surface area contributed by atoms with E-state index in [1.807, 2.05) is 18.2 Å². The largest absolute Gasteiger partial charge is 0.497 e. The minimum atomic E-state index is -0.400. The highest BCUT2D eigenvalue weighted by atomic mass is 16.5. The van der Waals surface area contributed by atoms with Crippen molar-refractivity contribution in [2.75, 3.05) is 25.1 Å². The summed E-state index contributed by atoms with van der Waals surface area (Å²) in [5.41, 5.74) is 3.47. The van der Waals surface area contributed by atoms with Gasteiger partial charge in [-0.3, -0.25) is 0 Å². The molecule has 4 heteroatoms. The molecule has 2 N–H and O–H groups in total. The lowest BCUT2D eigenvalue weighted by Crippen LogP contribution is -2.42. The van der Waals surface area contributed by atoms with Crippen molar-refractivity contribution in [2.24, 2.45) is 0 Å². The van der Waals surface area contributed by atoms with Crippen LogP contribution in [0.1, 0.15) is 37.0 Å². The van der Waals surface area contributed by atoms with Gasteiger partial charge in [-0.15, -0.1) is 0 Å². The fourth-order valence-electron chi connectivity index (χ4n) is 3.33. The Hall–Kier alpha value is -2.04. The first kappa shape index (κ1) is 17.8. The molecule has 1 heterocycles. The van der Waals surface area contributed by atoms with Crippen molar-refractivity contribution >= 4 is 5.69 Å². The highest BCUT2D eigenvalue weighted by Crippen LogP contribution is 2.24. The van der Waals surface area contributed by atoms with Crippen molar-refractivity contribution in [1.82, 2.24) is 5.32 Å². The summed E-state index contributed by atoms with van der Waals surface area (Å²) in [5.74, 6) is 0.915. The van der Waals surface area contributed by atoms with Crippen LogP contribution in [-0.4, -0.2) is 31.3 Å². The van der Waals surface area contributed by atoms with Gasteiger partial charge in [-0.1, -0.05) is 30.3 Å². The molecule has 0 aromatic heterocycles. The number of benzene rings is 2. The van der Waals surface area contributed by atoms with Crippen molar-refractivity contribution in [1.29, 1.82) is 0 Å². The lowest BCUT2D eigenvalue weighted by Gasteiger charge is -2.34. The summed E-state index contributed by atoms with van der Waals surface area (Å²) in [6.07, 6.45) is 1.88. The number of methoxy groups -OCH3 is 1. The van der Waals surface area contributed by atoms with Crippen LogP contribution in [0, 0.1) is 0 Å². The summed E-state index contributed by atoms with van der Waals surface area (Å²) in [4.78, 5) is 2.43. The third-order valence-electron chi connectivity index (χ3n) is 4.97. The molecule has 3 rings (SSSR count). The molecule has 1 fully saturated rings.